The van der Waals surface area contributed by atoms with Crippen LogP contribution < -0.4 is 5.32 Å². The van der Waals surface area contributed by atoms with E-state index in [1.165, 1.54) is 26.5 Å². The van der Waals surface area contributed by atoms with Gasteiger partial charge in [-0.15, -0.1) is 24.0 Å². The molecule has 2 fully saturated rings. The van der Waals surface area contributed by atoms with E-state index in [-0.39, 0.29) is 35.9 Å². The zero-order valence-corrected chi connectivity index (χ0v) is 17.6. The minimum atomic E-state index is -0.0724. The summed E-state index contributed by atoms with van der Waals surface area (Å²) in [6.07, 6.45) is 4.25. The number of esters is 1. The molecular formula is C17H33IN4O2. The largest absolute Gasteiger partial charge is 0.469 e. The third-order valence-electron chi connectivity index (χ3n) is 4.89. The SMILES string of the molecule is CCNC(=NCC1CCCN(C)C1)N1CCC(C(=O)OC)CC1.I. The number of rotatable bonds is 4. The maximum Gasteiger partial charge on any atom is 0.308 e. The van der Waals surface area contributed by atoms with Crippen molar-refractivity contribution in [3.8, 4) is 0 Å². The topological polar surface area (TPSA) is 57.2 Å². The number of hydrogen-bond acceptors (Lipinski definition) is 4. The standard InChI is InChI=1S/C17H32N4O2.HI/c1-4-18-17(19-12-14-6-5-9-20(2)13-14)21-10-7-15(8-11-21)16(22)23-3;/h14-15H,4-13H2,1-3H3,(H,18,19);1H. The van der Waals surface area contributed by atoms with Crippen LogP contribution in [-0.2, 0) is 9.53 Å². The van der Waals surface area contributed by atoms with Crippen LogP contribution in [0.3, 0.4) is 0 Å². The lowest BCUT2D eigenvalue weighted by Gasteiger charge is -2.34. The van der Waals surface area contributed by atoms with Gasteiger partial charge in [-0.05, 0) is 52.1 Å². The maximum atomic E-state index is 11.6. The first-order chi connectivity index (χ1) is 11.1. The van der Waals surface area contributed by atoms with Crippen LogP contribution in [0.15, 0.2) is 4.99 Å². The van der Waals surface area contributed by atoms with E-state index >= 15 is 0 Å². The number of carbonyl (C=O) groups excluding carboxylic acids is 1. The number of ether oxygens (including phenoxy) is 1. The highest BCUT2D eigenvalue weighted by Gasteiger charge is 2.27. The molecule has 24 heavy (non-hydrogen) atoms. The first kappa shape index (κ1) is 21.5. The van der Waals surface area contributed by atoms with Gasteiger partial charge in [-0.25, -0.2) is 0 Å². The number of hydrogen-bond donors (Lipinski definition) is 1. The molecule has 2 rings (SSSR count). The quantitative estimate of drug-likeness (QED) is 0.305. The lowest BCUT2D eigenvalue weighted by Crippen LogP contribution is -2.47. The average Bonchev–Trinajstić information content (AvgIpc) is 2.58. The Hall–Kier alpha value is -0.570. The third kappa shape index (κ3) is 6.38. The van der Waals surface area contributed by atoms with Crippen molar-refractivity contribution in [2.45, 2.75) is 32.6 Å². The van der Waals surface area contributed by atoms with Gasteiger partial charge in [0.15, 0.2) is 5.96 Å². The van der Waals surface area contributed by atoms with Crippen LogP contribution in [0.5, 0.6) is 0 Å². The van der Waals surface area contributed by atoms with E-state index in [4.69, 9.17) is 9.73 Å². The van der Waals surface area contributed by atoms with Crippen LogP contribution in [0.1, 0.15) is 32.6 Å². The predicted octanol–water partition coefficient (Wildman–Crippen LogP) is 1.80. The molecule has 0 radical (unpaired) electrons. The molecule has 0 spiro atoms. The number of halogens is 1. The summed E-state index contributed by atoms with van der Waals surface area (Å²) in [5, 5.41) is 3.41. The molecule has 1 N–H and O–H groups in total. The van der Waals surface area contributed by atoms with E-state index in [9.17, 15) is 4.79 Å². The molecule has 7 heteroatoms. The molecule has 2 aliphatic rings. The van der Waals surface area contributed by atoms with Crippen LogP contribution >= 0.6 is 24.0 Å². The fourth-order valence-corrected chi connectivity index (χ4v) is 3.56. The highest BCUT2D eigenvalue weighted by molar-refractivity contribution is 14.0. The molecule has 140 valence electrons. The van der Waals surface area contributed by atoms with Crippen molar-refractivity contribution in [3.63, 3.8) is 0 Å². The monoisotopic (exact) mass is 452 g/mol. The Labute approximate surface area is 163 Å². The van der Waals surface area contributed by atoms with Crippen molar-refractivity contribution in [2.75, 3.05) is 53.4 Å². The van der Waals surface area contributed by atoms with Gasteiger partial charge in [0, 0.05) is 32.7 Å². The number of aliphatic imine (C=N–C) groups is 1. The summed E-state index contributed by atoms with van der Waals surface area (Å²) in [5.41, 5.74) is 0. The van der Waals surface area contributed by atoms with Crippen molar-refractivity contribution in [2.24, 2.45) is 16.8 Å². The van der Waals surface area contributed by atoms with Gasteiger partial charge < -0.3 is 19.9 Å². The van der Waals surface area contributed by atoms with E-state index < -0.39 is 0 Å². The molecule has 1 unspecified atom stereocenters. The molecule has 0 bridgehead atoms. The number of piperidine rings is 2. The maximum absolute atomic E-state index is 11.6. The van der Waals surface area contributed by atoms with Gasteiger partial charge in [-0.2, -0.15) is 0 Å². The summed E-state index contributed by atoms with van der Waals surface area (Å²) in [6.45, 7) is 7.97. The Kier molecular flexibility index (Phi) is 9.95. The van der Waals surface area contributed by atoms with Crippen LogP contribution in [0, 0.1) is 11.8 Å². The summed E-state index contributed by atoms with van der Waals surface area (Å²) >= 11 is 0. The van der Waals surface area contributed by atoms with Gasteiger partial charge in [0.1, 0.15) is 0 Å². The Morgan fingerprint density at radius 2 is 1.96 bits per heavy atom. The molecule has 2 saturated heterocycles. The van der Waals surface area contributed by atoms with E-state index in [2.05, 4.69) is 29.1 Å². The summed E-state index contributed by atoms with van der Waals surface area (Å²) in [7, 11) is 3.67. The van der Waals surface area contributed by atoms with Gasteiger partial charge >= 0.3 is 5.97 Å². The van der Waals surface area contributed by atoms with Gasteiger partial charge in [0.25, 0.3) is 0 Å². The third-order valence-corrected chi connectivity index (χ3v) is 4.89. The van der Waals surface area contributed by atoms with Crippen molar-refractivity contribution in [1.29, 1.82) is 0 Å². The van der Waals surface area contributed by atoms with Crippen LogP contribution in [0.4, 0.5) is 0 Å². The van der Waals surface area contributed by atoms with Crippen LogP contribution in [0.2, 0.25) is 0 Å². The number of nitrogens with zero attached hydrogens (tertiary/aromatic N) is 3. The lowest BCUT2D eigenvalue weighted by atomic mass is 9.97. The van der Waals surface area contributed by atoms with Gasteiger partial charge in [0.2, 0.25) is 0 Å². The number of guanidine groups is 1. The van der Waals surface area contributed by atoms with E-state index in [0.717, 1.165) is 51.5 Å². The normalized spacial score (nSPS) is 23.5. The minimum Gasteiger partial charge on any atom is -0.469 e. The molecule has 0 saturated carbocycles. The highest BCUT2D eigenvalue weighted by Crippen LogP contribution is 2.19. The predicted molar refractivity (Wildman–Crippen MR) is 108 cm³/mol. The van der Waals surface area contributed by atoms with E-state index in [1.807, 2.05) is 0 Å². The zero-order valence-electron chi connectivity index (χ0n) is 15.3. The van der Waals surface area contributed by atoms with Gasteiger partial charge in [0.05, 0.1) is 13.0 Å². The summed E-state index contributed by atoms with van der Waals surface area (Å²) in [6, 6.07) is 0. The Morgan fingerprint density at radius 3 is 2.54 bits per heavy atom. The molecule has 2 aliphatic heterocycles. The average molecular weight is 452 g/mol. The number of methoxy groups -OCH3 is 1. The molecular weight excluding hydrogens is 419 g/mol. The summed E-state index contributed by atoms with van der Waals surface area (Å²) in [4.78, 5) is 21.2. The highest BCUT2D eigenvalue weighted by atomic mass is 127. The second-order valence-electron chi connectivity index (χ2n) is 6.75. The van der Waals surface area contributed by atoms with Gasteiger partial charge in [-0.1, -0.05) is 0 Å². The molecule has 0 aromatic heterocycles. The molecule has 2 heterocycles. The second-order valence-corrected chi connectivity index (χ2v) is 6.75. The number of nitrogens with one attached hydrogen (secondary N) is 1. The van der Waals surface area contributed by atoms with E-state index in [1.54, 1.807) is 0 Å². The molecule has 0 aromatic rings. The first-order valence-electron chi connectivity index (χ1n) is 8.93. The fraction of sp³-hybridized carbons (Fsp3) is 0.882. The van der Waals surface area contributed by atoms with Crippen LogP contribution in [-0.4, -0.2) is 75.2 Å². The first-order valence-corrected chi connectivity index (χ1v) is 8.93. The second kappa shape index (κ2) is 11.1. The van der Waals surface area contributed by atoms with Crippen molar-refractivity contribution < 1.29 is 9.53 Å². The summed E-state index contributed by atoms with van der Waals surface area (Å²) < 4.78 is 4.86. The minimum absolute atomic E-state index is 0. The van der Waals surface area contributed by atoms with Crippen LogP contribution in [0.25, 0.3) is 0 Å². The Balaban J connectivity index is 0.00000288. The molecule has 0 amide bonds. The Morgan fingerprint density at radius 1 is 1.25 bits per heavy atom. The van der Waals surface area contributed by atoms with Crippen molar-refractivity contribution in [1.82, 2.24) is 15.1 Å². The zero-order chi connectivity index (χ0) is 16.7. The van der Waals surface area contributed by atoms with Crippen molar-refractivity contribution in [3.05, 3.63) is 0 Å². The molecule has 0 aromatic carbocycles. The number of carbonyl (C=O) groups is 1. The number of likely N-dealkylation sites (tertiary alicyclic amines) is 2. The fourth-order valence-electron chi connectivity index (χ4n) is 3.56. The van der Waals surface area contributed by atoms with Crippen molar-refractivity contribution >= 4 is 35.9 Å². The smallest absolute Gasteiger partial charge is 0.308 e. The molecule has 0 aliphatic carbocycles. The Bertz CT molecular complexity index is 411. The van der Waals surface area contributed by atoms with Gasteiger partial charge in [-0.3, -0.25) is 9.79 Å². The summed E-state index contributed by atoms with van der Waals surface area (Å²) in [5.74, 6) is 1.64. The van der Waals surface area contributed by atoms with E-state index in [0.29, 0.717) is 5.92 Å². The molecule has 1 atom stereocenters. The lowest BCUT2D eigenvalue weighted by molar-refractivity contribution is -0.146. The molecule has 6 nitrogen and oxygen atoms in total.